The summed E-state index contributed by atoms with van der Waals surface area (Å²) in [5, 5.41) is 0. The normalized spacial score (nSPS) is 14.5. The Morgan fingerprint density at radius 3 is 1.07 bits per heavy atom. The van der Waals surface area contributed by atoms with Crippen LogP contribution < -0.4 is 9.80 Å². The first kappa shape index (κ1) is 33.8. The molecule has 4 aromatic rings. The Morgan fingerprint density at radius 2 is 0.756 bits per heavy atom. The van der Waals surface area contributed by atoms with Gasteiger partial charge in [-0.25, -0.2) is 18.2 Å². The van der Waals surface area contributed by atoms with Crippen LogP contribution in [0, 0.1) is 0 Å². The number of fused-ring (bicyclic) bond motifs is 2. The molecule has 0 saturated heterocycles. The maximum absolute atomic E-state index is 14.1. The standard InChI is InChI=1S/C28H8Br8N2O6S/c29-13-3-1-11-19(21(13)35)27(41)37(25(11)39)9-5-15(31)23(16(32)6-9)45(43,44)24-17(33)7-10(8-18(24)34)38-26(40)12-2-4-14(30)22(36)20(12)28(38)42/h1-8H. The summed E-state index contributed by atoms with van der Waals surface area (Å²) in [7, 11) is -4.32. The minimum Gasteiger partial charge on any atom is -0.268 e. The van der Waals surface area contributed by atoms with Gasteiger partial charge in [0.1, 0.15) is 9.79 Å². The van der Waals surface area contributed by atoms with Crippen molar-refractivity contribution in [2.45, 2.75) is 9.79 Å². The predicted octanol–water partition coefficient (Wildman–Crippen LogP) is 10.2. The molecule has 4 amide bonds. The van der Waals surface area contributed by atoms with E-state index >= 15 is 0 Å². The molecule has 228 valence electrons. The summed E-state index contributed by atoms with van der Waals surface area (Å²) in [5.41, 5.74) is 1.04. The van der Waals surface area contributed by atoms with E-state index in [-0.39, 0.29) is 61.3 Å². The minimum absolute atomic E-state index is 0.0716. The van der Waals surface area contributed by atoms with Crippen molar-refractivity contribution in [3.05, 3.63) is 107 Å². The minimum atomic E-state index is -4.32. The molecule has 2 aliphatic rings. The molecule has 0 bridgehead atoms. The number of benzene rings is 4. The summed E-state index contributed by atoms with van der Waals surface area (Å²) in [6, 6.07) is 11.8. The van der Waals surface area contributed by atoms with Gasteiger partial charge in [0.15, 0.2) is 0 Å². The lowest BCUT2D eigenvalue weighted by molar-refractivity contribution is 0.0910. The van der Waals surface area contributed by atoms with E-state index in [4.69, 9.17) is 0 Å². The highest BCUT2D eigenvalue weighted by atomic mass is 79.9. The average molecular weight is 1140 g/mol. The number of halogens is 8. The highest BCUT2D eigenvalue weighted by Crippen LogP contribution is 2.46. The van der Waals surface area contributed by atoms with Crippen LogP contribution in [-0.4, -0.2) is 32.0 Å². The third-order valence-electron chi connectivity index (χ3n) is 6.91. The van der Waals surface area contributed by atoms with Crippen LogP contribution in [0.5, 0.6) is 0 Å². The zero-order valence-corrected chi connectivity index (χ0v) is 34.9. The Hall–Kier alpha value is -1.05. The number of sulfone groups is 1. The maximum Gasteiger partial charge on any atom is 0.267 e. The third kappa shape index (κ3) is 5.27. The van der Waals surface area contributed by atoms with E-state index < -0.39 is 33.5 Å². The van der Waals surface area contributed by atoms with Crippen LogP contribution in [0.2, 0.25) is 0 Å². The molecule has 2 aliphatic heterocycles. The summed E-state index contributed by atoms with van der Waals surface area (Å²) in [4.78, 5) is 54.7. The largest absolute Gasteiger partial charge is 0.268 e. The van der Waals surface area contributed by atoms with E-state index in [1.165, 1.54) is 36.4 Å². The van der Waals surface area contributed by atoms with Gasteiger partial charge < -0.3 is 0 Å². The highest BCUT2D eigenvalue weighted by molar-refractivity contribution is 9.13. The first-order valence-electron chi connectivity index (χ1n) is 12.0. The molecule has 0 unspecified atom stereocenters. The van der Waals surface area contributed by atoms with Crippen LogP contribution in [0.15, 0.2) is 94.1 Å². The van der Waals surface area contributed by atoms with Gasteiger partial charge in [-0.15, -0.1) is 0 Å². The van der Waals surface area contributed by atoms with Crippen molar-refractivity contribution in [2.24, 2.45) is 0 Å². The number of carbonyl (C=O) groups excluding carboxylic acids is 4. The molecule has 45 heavy (non-hydrogen) atoms. The quantitative estimate of drug-likeness (QED) is 0.188. The Morgan fingerprint density at radius 1 is 0.444 bits per heavy atom. The van der Waals surface area contributed by atoms with Crippen molar-refractivity contribution in [1.82, 2.24) is 0 Å². The lowest BCUT2D eigenvalue weighted by Crippen LogP contribution is -2.29. The van der Waals surface area contributed by atoms with E-state index in [9.17, 15) is 27.6 Å². The number of nitrogens with zero attached hydrogens (tertiary/aromatic N) is 2. The van der Waals surface area contributed by atoms with Gasteiger partial charge in [-0.2, -0.15) is 0 Å². The summed E-state index contributed by atoms with van der Waals surface area (Å²) < 4.78 is 30.6. The van der Waals surface area contributed by atoms with Gasteiger partial charge >= 0.3 is 0 Å². The maximum atomic E-state index is 14.1. The van der Waals surface area contributed by atoms with Crippen molar-refractivity contribution in [1.29, 1.82) is 0 Å². The molecule has 0 radical (unpaired) electrons. The molecule has 0 aliphatic carbocycles. The van der Waals surface area contributed by atoms with E-state index in [1.807, 2.05) is 0 Å². The average Bonchev–Trinajstić information content (AvgIpc) is 3.35. The van der Waals surface area contributed by atoms with Crippen molar-refractivity contribution < 1.29 is 27.6 Å². The van der Waals surface area contributed by atoms with Crippen molar-refractivity contribution in [3.8, 4) is 0 Å². The molecule has 8 nitrogen and oxygen atoms in total. The topological polar surface area (TPSA) is 109 Å². The Bertz CT molecular complexity index is 2030. The fourth-order valence-corrected chi connectivity index (χ4v) is 13.0. The Balaban J connectivity index is 1.39. The van der Waals surface area contributed by atoms with Gasteiger partial charge in [0.25, 0.3) is 23.6 Å². The highest BCUT2D eigenvalue weighted by Gasteiger charge is 2.42. The molecular formula is C28H8Br8N2O6S. The third-order valence-corrected chi connectivity index (χ3v) is 16.4. The molecule has 0 aromatic heterocycles. The Kier molecular flexibility index (Phi) is 9.12. The molecule has 17 heteroatoms. The summed E-state index contributed by atoms with van der Waals surface area (Å²) in [6.07, 6.45) is 0. The second-order valence-electron chi connectivity index (χ2n) is 9.44. The van der Waals surface area contributed by atoms with Crippen LogP contribution in [0.4, 0.5) is 11.4 Å². The van der Waals surface area contributed by atoms with Crippen LogP contribution in [0.3, 0.4) is 0 Å². The van der Waals surface area contributed by atoms with Gasteiger partial charge in [0.05, 0.1) is 33.6 Å². The first-order valence-corrected chi connectivity index (χ1v) is 19.9. The number of hydrogen-bond acceptors (Lipinski definition) is 6. The molecule has 0 fully saturated rings. The molecule has 0 N–H and O–H groups in total. The lowest BCUT2D eigenvalue weighted by Gasteiger charge is -2.19. The smallest absolute Gasteiger partial charge is 0.267 e. The number of anilines is 2. The zero-order valence-electron chi connectivity index (χ0n) is 21.4. The molecule has 0 spiro atoms. The number of rotatable bonds is 4. The summed E-state index contributed by atoms with van der Waals surface area (Å²) >= 11 is 26.7. The lowest BCUT2D eigenvalue weighted by atomic mass is 10.1. The fraction of sp³-hybridized carbons (Fsp3) is 0. The predicted molar refractivity (Wildman–Crippen MR) is 195 cm³/mol. The second kappa shape index (κ2) is 12.1. The van der Waals surface area contributed by atoms with Gasteiger partial charge in [0, 0.05) is 35.8 Å². The molecule has 0 saturated carbocycles. The van der Waals surface area contributed by atoms with Crippen LogP contribution >= 0.6 is 127 Å². The van der Waals surface area contributed by atoms with E-state index in [1.54, 1.807) is 12.1 Å². The number of hydrogen-bond donors (Lipinski definition) is 0. The molecule has 4 aromatic carbocycles. The van der Waals surface area contributed by atoms with Crippen molar-refractivity contribution >= 4 is 172 Å². The summed E-state index contributed by atoms with van der Waals surface area (Å²) in [6.45, 7) is 0. The second-order valence-corrected chi connectivity index (χ2v) is 18.0. The van der Waals surface area contributed by atoms with E-state index in [2.05, 4.69) is 127 Å². The van der Waals surface area contributed by atoms with E-state index in [0.717, 1.165) is 9.80 Å². The van der Waals surface area contributed by atoms with E-state index in [0.29, 0.717) is 17.9 Å². The monoisotopic (exact) mass is 1130 g/mol. The number of amides is 4. The zero-order chi connectivity index (χ0) is 32.9. The number of carbonyl (C=O) groups is 4. The van der Waals surface area contributed by atoms with Crippen molar-refractivity contribution in [2.75, 3.05) is 9.80 Å². The van der Waals surface area contributed by atoms with Gasteiger partial charge in [-0.3, -0.25) is 19.2 Å². The first-order chi connectivity index (χ1) is 21.1. The van der Waals surface area contributed by atoms with Gasteiger partial charge in [-0.05, 0) is 176 Å². The number of imide groups is 2. The molecule has 6 rings (SSSR count). The molecule has 2 heterocycles. The summed E-state index contributed by atoms with van der Waals surface area (Å²) in [5.74, 6) is -2.28. The molecule has 0 atom stereocenters. The Labute approximate surface area is 322 Å². The van der Waals surface area contributed by atoms with Gasteiger partial charge in [0.2, 0.25) is 9.84 Å². The SMILES string of the molecule is O=C1c2ccc(Br)c(Br)c2C(=O)N1c1cc(Br)c(S(=O)(=O)c2c(Br)cc(N3C(=O)c4ccc(Br)c(Br)c4C3=O)cc2Br)c(Br)c1. The fourth-order valence-electron chi connectivity index (χ4n) is 4.96. The van der Waals surface area contributed by atoms with Crippen LogP contribution in [0.25, 0.3) is 0 Å². The van der Waals surface area contributed by atoms with Crippen LogP contribution in [0.1, 0.15) is 41.4 Å². The van der Waals surface area contributed by atoms with Crippen molar-refractivity contribution in [3.63, 3.8) is 0 Å². The van der Waals surface area contributed by atoms with Crippen LogP contribution in [-0.2, 0) is 9.84 Å². The molecular weight excluding hydrogens is 1130 g/mol. The van der Waals surface area contributed by atoms with Gasteiger partial charge in [-0.1, -0.05) is 0 Å².